The van der Waals surface area contributed by atoms with Gasteiger partial charge in [0.1, 0.15) is 73.2 Å². The first-order chi connectivity index (χ1) is 39.3. The van der Waals surface area contributed by atoms with Gasteiger partial charge in [-0.2, -0.15) is 0 Å². The van der Waals surface area contributed by atoms with Crippen LogP contribution in [0.25, 0.3) is 0 Å². The van der Waals surface area contributed by atoms with Crippen LogP contribution in [0.4, 0.5) is 0 Å². The molecule has 12 N–H and O–H groups in total. The number of ether oxygens (including phenoxy) is 6. The van der Waals surface area contributed by atoms with E-state index in [0.29, 0.717) is 12.8 Å². The first kappa shape index (κ1) is 73.5. The van der Waals surface area contributed by atoms with Crippen LogP contribution in [0.2, 0.25) is 0 Å². The number of allylic oxidation sites excluding steroid dienone is 3. The van der Waals surface area contributed by atoms with Crippen LogP contribution in [0.5, 0.6) is 0 Å². The second-order valence-corrected chi connectivity index (χ2v) is 23.2. The molecule has 0 aromatic carbocycles. The quantitative estimate of drug-likeness (QED) is 0.0222. The lowest BCUT2D eigenvalue weighted by Crippen LogP contribution is -2.66. The number of hydrogen-bond acceptors (Lipinski definition) is 18. The molecular formula is C62H115NO18. The van der Waals surface area contributed by atoms with E-state index in [9.17, 15) is 61.0 Å². The van der Waals surface area contributed by atoms with Crippen LogP contribution in [0.15, 0.2) is 24.3 Å². The van der Waals surface area contributed by atoms with Crippen LogP contribution >= 0.6 is 0 Å². The zero-order valence-electron chi connectivity index (χ0n) is 49.8. The minimum atomic E-state index is -1.98. The monoisotopic (exact) mass is 1160 g/mol. The Bertz CT molecular complexity index is 1580. The Morgan fingerprint density at radius 1 is 0.432 bits per heavy atom. The Labute approximate surface area is 486 Å². The van der Waals surface area contributed by atoms with Gasteiger partial charge in [-0.05, 0) is 32.1 Å². The molecule has 3 aliphatic rings. The highest BCUT2D eigenvalue weighted by molar-refractivity contribution is 5.76. The van der Waals surface area contributed by atoms with E-state index in [0.717, 1.165) is 44.9 Å². The van der Waals surface area contributed by atoms with E-state index in [4.69, 9.17) is 28.4 Å². The van der Waals surface area contributed by atoms with Crippen LogP contribution < -0.4 is 5.32 Å². The zero-order valence-corrected chi connectivity index (χ0v) is 49.8. The van der Waals surface area contributed by atoms with E-state index in [-0.39, 0.29) is 18.9 Å². The van der Waals surface area contributed by atoms with Crippen molar-refractivity contribution in [2.45, 2.75) is 336 Å². The number of nitrogens with one attached hydrogen (secondary N) is 1. The van der Waals surface area contributed by atoms with E-state index in [1.54, 1.807) is 6.08 Å². The maximum absolute atomic E-state index is 13.1. The van der Waals surface area contributed by atoms with E-state index in [2.05, 4.69) is 31.3 Å². The average Bonchev–Trinajstić information content (AvgIpc) is 3.47. The van der Waals surface area contributed by atoms with Gasteiger partial charge in [0.05, 0.1) is 38.6 Å². The molecular weight excluding hydrogens is 1050 g/mol. The molecule has 0 saturated carbocycles. The maximum Gasteiger partial charge on any atom is 0.220 e. The summed E-state index contributed by atoms with van der Waals surface area (Å²) < 4.78 is 34.1. The number of unbranched alkanes of at least 4 members (excludes halogenated alkanes) is 30. The lowest BCUT2D eigenvalue weighted by Gasteiger charge is -2.48. The van der Waals surface area contributed by atoms with Crippen LogP contribution in [0.1, 0.15) is 232 Å². The predicted molar refractivity (Wildman–Crippen MR) is 310 cm³/mol. The van der Waals surface area contributed by atoms with Crippen molar-refractivity contribution >= 4 is 5.91 Å². The van der Waals surface area contributed by atoms with Gasteiger partial charge in [-0.15, -0.1) is 0 Å². The minimum Gasteiger partial charge on any atom is -0.394 e. The molecule has 3 rings (SSSR count). The average molecular weight is 1160 g/mol. The summed E-state index contributed by atoms with van der Waals surface area (Å²) in [6, 6.07) is -0.983. The molecule has 3 aliphatic heterocycles. The molecule has 3 fully saturated rings. The Kier molecular flexibility index (Phi) is 41.4. The number of hydrogen-bond donors (Lipinski definition) is 12. The van der Waals surface area contributed by atoms with Crippen molar-refractivity contribution in [3.8, 4) is 0 Å². The molecule has 19 heteroatoms. The van der Waals surface area contributed by atoms with E-state index >= 15 is 0 Å². The number of amides is 1. The van der Waals surface area contributed by atoms with E-state index in [1.165, 1.54) is 154 Å². The molecule has 3 saturated heterocycles. The molecule has 17 atom stereocenters. The third-order valence-electron chi connectivity index (χ3n) is 16.3. The molecule has 0 radical (unpaired) electrons. The molecule has 476 valence electrons. The third-order valence-corrected chi connectivity index (χ3v) is 16.3. The standard InChI is InChI=1S/C62H115NO18/c1-3-5-7-9-10-11-12-13-14-15-16-17-18-19-20-21-22-23-24-25-26-27-28-29-30-31-32-33-34-36-37-39-46(67)45(63-50(68)40-38-35-8-6-4-2)44-76-60-56(74)53(71)58(48(42-65)78-60)81-62-57(75)54(72)59(49(43-66)79-62)80-61-55(73)52(70)51(69)47(41-64)77-61/h32-33,37,39,45-49,51-62,64-67,69-75H,3-31,34-36,38,40-44H2,1-2H3,(H,63,68)/b33-32+,39-37+. The van der Waals surface area contributed by atoms with Crippen molar-refractivity contribution in [3.63, 3.8) is 0 Å². The van der Waals surface area contributed by atoms with Crippen LogP contribution in [-0.4, -0.2) is 193 Å². The SMILES string of the molecule is CCCCCCCCCCCCCCCCCCCCCCCCCCC/C=C/CC/C=C/C(O)C(COC1OC(CO)C(OC2OC(CO)C(OC3OC(CO)C(O)C(O)C3O)C(O)C2O)C(O)C1O)NC(=O)CCCCCCC. The van der Waals surface area contributed by atoms with Crippen molar-refractivity contribution < 1.29 is 89.4 Å². The van der Waals surface area contributed by atoms with E-state index in [1.807, 2.05) is 6.08 Å². The maximum atomic E-state index is 13.1. The molecule has 3 heterocycles. The fourth-order valence-electron chi connectivity index (χ4n) is 11.0. The Morgan fingerprint density at radius 2 is 0.790 bits per heavy atom. The van der Waals surface area contributed by atoms with Gasteiger partial charge >= 0.3 is 0 Å². The molecule has 1 amide bonds. The summed E-state index contributed by atoms with van der Waals surface area (Å²) in [6.45, 7) is 1.60. The molecule has 0 aromatic heterocycles. The highest BCUT2D eigenvalue weighted by Gasteiger charge is 2.53. The minimum absolute atomic E-state index is 0.232. The smallest absolute Gasteiger partial charge is 0.220 e. The largest absolute Gasteiger partial charge is 0.394 e. The Hall–Kier alpha value is -1.73. The molecule has 0 aliphatic carbocycles. The summed E-state index contributed by atoms with van der Waals surface area (Å²) in [4.78, 5) is 13.1. The summed E-state index contributed by atoms with van der Waals surface area (Å²) in [7, 11) is 0. The van der Waals surface area contributed by atoms with E-state index < -0.39 is 124 Å². The highest BCUT2D eigenvalue weighted by atomic mass is 16.8. The number of rotatable bonds is 48. The van der Waals surface area contributed by atoms with Crippen LogP contribution in [0.3, 0.4) is 0 Å². The predicted octanol–water partition coefficient (Wildman–Crippen LogP) is 6.71. The Balaban J connectivity index is 1.34. The lowest BCUT2D eigenvalue weighted by molar-refractivity contribution is -0.379. The molecule has 0 aromatic rings. The number of aliphatic hydroxyl groups is 11. The summed E-state index contributed by atoms with van der Waals surface area (Å²) in [6.07, 6.45) is 22.7. The van der Waals surface area contributed by atoms with Gasteiger partial charge < -0.3 is 89.9 Å². The van der Waals surface area contributed by atoms with Crippen molar-refractivity contribution in [1.29, 1.82) is 0 Å². The highest BCUT2D eigenvalue weighted by Crippen LogP contribution is 2.33. The van der Waals surface area contributed by atoms with Gasteiger partial charge in [0.2, 0.25) is 5.91 Å². The van der Waals surface area contributed by atoms with Crippen molar-refractivity contribution in [2.24, 2.45) is 0 Å². The zero-order chi connectivity index (χ0) is 59.0. The van der Waals surface area contributed by atoms with Gasteiger partial charge in [-0.3, -0.25) is 4.79 Å². The van der Waals surface area contributed by atoms with Crippen LogP contribution in [0, 0.1) is 0 Å². The summed E-state index contributed by atoms with van der Waals surface area (Å²) in [5, 5.41) is 120. The van der Waals surface area contributed by atoms with Crippen molar-refractivity contribution in [1.82, 2.24) is 5.32 Å². The van der Waals surface area contributed by atoms with Gasteiger partial charge in [-0.25, -0.2) is 0 Å². The fourth-order valence-corrected chi connectivity index (χ4v) is 11.0. The number of carbonyl (C=O) groups excluding carboxylic acids is 1. The Morgan fingerprint density at radius 3 is 1.23 bits per heavy atom. The first-order valence-corrected chi connectivity index (χ1v) is 32.1. The molecule has 0 spiro atoms. The molecule has 19 nitrogen and oxygen atoms in total. The lowest BCUT2D eigenvalue weighted by atomic mass is 9.96. The molecule has 17 unspecified atom stereocenters. The summed E-state index contributed by atoms with van der Waals surface area (Å²) in [5.41, 5.74) is 0. The van der Waals surface area contributed by atoms with Crippen molar-refractivity contribution in [2.75, 3.05) is 26.4 Å². The van der Waals surface area contributed by atoms with Crippen LogP contribution in [-0.2, 0) is 33.2 Å². The summed E-state index contributed by atoms with van der Waals surface area (Å²) >= 11 is 0. The third kappa shape index (κ3) is 29.0. The second-order valence-electron chi connectivity index (χ2n) is 23.2. The van der Waals surface area contributed by atoms with Gasteiger partial charge in [0, 0.05) is 6.42 Å². The molecule has 0 bridgehead atoms. The normalized spacial score (nSPS) is 29.9. The van der Waals surface area contributed by atoms with Gasteiger partial charge in [0.15, 0.2) is 18.9 Å². The van der Waals surface area contributed by atoms with Gasteiger partial charge in [-0.1, -0.05) is 218 Å². The second kappa shape index (κ2) is 45.6. The summed E-state index contributed by atoms with van der Waals surface area (Å²) in [5.74, 6) is -0.298. The first-order valence-electron chi connectivity index (χ1n) is 32.1. The number of carbonyl (C=O) groups is 1. The van der Waals surface area contributed by atoms with Gasteiger partial charge in [0.25, 0.3) is 0 Å². The number of aliphatic hydroxyl groups excluding tert-OH is 11. The fraction of sp³-hybridized carbons (Fsp3) is 0.919. The van der Waals surface area contributed by atoms with Crippen molar-refractivity contribution in [3.05, 3.63) is 24.3 Å². The molecule has 81 heavy (non-hydrogen) atoms. The topological polar surface area (TPSA) is 307 Å².